The molecule has 0 bridgehead atoms. The van der Waals surface area contributed by atoms with Gasteiger partial charge in [0.2, 0.25) is 23.6 Å². The Hall–Kier alpha value is -2.69. The molecule has 11 nitrogen and oxygen atoms in total. The van der Waals surface area contributed by atoms with Crippen molar-refractivity contribution in [2.45, 2.75) is 44.8 Å². The molecular formula is C13H23N5O6. The molecule has 9 N–H and O–H groups in total. The molecular weight excluding hydrogens is 322 g/mol. The summed E-state index contributed by atoms with van der Waals surface area (Å²) >= 11 is 0. The molecule has 0 aliphatic rings. The first-order valence-electron chi connectivity index (χ1n) is 7.11. The Labute approximate surface area is 138 Å². The van der Waals surface area contributed by atoms with Gasteiger partial charge in [-0.3, -0.25) is 19.2 Å². The second-order valence-electron chi connectivity index (χ2n) is 5.58. The number of rotatable bonds is 10. The summed E-state index contributed by atoms with van der Waals surface area (Å²) in [7, 11) is 0. The highest BCUT2D eigenvalue weighted by Gasteiger charge is 2.30. The number of aliphatic carboxylic acids is 1. The third-order valence-corrected chi connectivity index (χ3v) is 3.02. The van der Waals surface area contributed by atoms with Crippen molar-refractivity contribution in [3.8, 4) is 0 Å². The number of carboxylic acid groups (broad SMARTS) is 1. The Kier molecular flexibility index (Phi) is 8.39. The van der Waals surface area contributed by atoms with Crippen molar-refractivity contribution >= 4 is 29.6 Å². The first-order chi connectivity index (χ1) is 11.0. The zero-order valence-electron chi connectivity index (χ0n) is 13.4. The zero-order chi connectivity index (χ0) is 19.0. The first kappa shape index (κ1) is 21.3. The predicted molar refractivity (Wildman–Crippen MR) is 81.9 cm³/mol. The van der Waals surface area contributed by atoms with Gasteiger partial charge in [-0.05, 0) is 5.92 Å². The SMILES string of the molecule is CC(C)[C@H](NC(=O)[C@@H](N)CC(N)=O)C(=O)N[C@@H](CC(N)=O)C(=O)O. The van der Waals surface area contributed by atoms with E-state index in [1.165, 1.54) is 0 Å². The molecule has 24 heavy (non-hydrogen) atoms. The molecule has 11 heteroatoms. The number of carbonyl (C=O) groups is 5. The summed E-state index contributed by atoms with van der Waals surface area (Å²) in [5.74, 6) is -5.16. The van der Waals surface area contributed by atoms with Gasteiger partial charge in [0.1, 0.15) is 12.1 Å². The monoisotopic (exact) mass is 345 g/mol. The summed E-state index contributed by atoms with van der Waals surface area (Å²) in [6.07, 6.45) is -1.00. The Morgan fingerprint density at radius 3 is 1.79 bits per heavy atom. The lowest BCUT2D eigenvalue weighted by Gasteiger charge is -2.24. The molecule has 136 valence electrons. The average Bonchev–Trinajstić information content (AvgIpc) is 2.41. The standard InChI is InChI=1S/C13H23N5O6/c1-5(2)10(18-11(21)6(14)3-8(15)19)12(22)17-7(13(23)24)4-9(16)20/h5-7,10H,3-4,14H2,1-2H3,(H2,15,19)(H2,16,20)(H,17,22)(H,18,21)(H,23,24)/t6-,7-,10-/m0/s1. The van der Waals surface area contributed by atoms with Crippen LogP contribution in [0.15, 0.2) is 0 Å². The van der Waals surface area contributed by atoms with Crippen molar-refractivity contribution < 1.29 is 29.1 Å². The van der Waals surface area contributed by atoms with Gasteiger partial charge in [0.15, 0.2) is 0 Å². The molecule has 0 saturated carbocycles. The Morgan fingerprint density at radius 1 is 0.917 bits per heavy atom. The lowest BCUT2D eigenvalue weighted by Crippen LogP contribution is -2.57. The quantitative estimate of drug-likeness (QED) is 0.238. The second kappa shape index (κ2) is 9.45. The summed E-state index contributed by atoms with van der Waals surface area (Å²) < 4.78 is 0. The highest BCUT2D eigenvalue weighted by molar-refractivity contribution is 5.94. The molecule has 0 aromatic heterocycles. The third kappa shape index (κ3) is 7.54. The fourth-order valence-corrected chi connectivity index (χ4v) is 1.77. The smallest absolute Gasteiger partial charge is 0.326 e. The van der Waals surface area contributed by atoms with Gasteiger partial charge in [-0.15, -0.1) is 0 Å². The number of hydrogen-bond acceptors (Lipinski definition) is 6. The molecule has 0 saturated heterocycles. The van der Waals surface area contributed by atoms with Crippen LogP contribution in [0.5, 0.6) is 0 Å². The van der Waals surface area contributed by atoms with Crippen molar-refractivity contribution in [3.05, 3.63) is 0 Å². The molecule has 0 spiro atoms. The summed E-state index contributed by atoms with van der Waals surface area (Å²) in [5.41, 5.74) is 15.3. The van der Waals surface area contributed by atoms with Crippen LogP contribution in [0, 0.1) is 5.92 Å². The fourth-order valence-electron chi connectivity index (χ4n) is 1.77. The summed E-state index contributed by atoms with van der Waals surface area (Å²) in [6, 6.07) is -3.88. The van der Waals surface area contributed by atoms with E-state index in [0.29, 0.717) is 0 Å². The van der Waals surface area contributed by atoms with Gasteiger partial charge in [-0.2, -0.15) is 0 Å². The van der Waals surface area contributed by atoms with E-state index in [-0.39, 0.29) is 0 Å². The summed E-state index contributed by atoms with van der Waals surface area (Å²) in [4.78, 5) is 56.7. The Bertz CT molecular complexity index is 521. The Balaban J connectivity index is 5.00. The largest absolute Gasteiger partial charge is 0.480 e. The average molecular weight is 345 g/mol. The van der Waals surface area contributed by atoms with E-state index >= 15 is 0 Å². The van der Waals surface area contributed by atoms with Crippen LogP contribution < -0.4 is 27.8 Å². The van der Waals surface area contributed by atoms with Crippen molar-refractivity contribution in [2.24, 2.45) is 23.1 Å². The summed E-state index contributed by atoms with van der Waals surface area (Å²) in [5, 5.41) is 13.4. The van der Waals surface area contributed by atoms with E-state index in [4.69, 9.17) is 22.3 Å². The van der Waals surface area contributed by atoms with Gasteiger partial charge in [0, 0.05) is 0 Å². The second-order valence-corrected chi connectivity index (χ2v) is 5.58. The number of hydrogen-bond donors (Lipinski definition) is 6. The van der Waals surface area contributed by atoms with Crippen LogP contribution in [0.25, 0.3) is 0 Å². The number of amides is 4. The predicted octanol–water partition coefficient (Wildman–Crippen LogP) is -3.23. The van der Waals surface area contributed by atoms with E-state index in [9.17, 15) is 24.0 Å². The van der Waals surface area contributed by atoms with Crippen LogP contribution in [0.3, 0.4) is 0 Å². The number of carboxylic acids is 1. The van der Waals surface area contributed by atoms with E-state index < -0.39 is 66.5 Å². The lowest BCUT2D eigenvalue weighted by atomic mass is 10.0. The van der Waals surface area contributed by atoms with Crippen LogP contribution in [-0.4, -0.2) is 52.8 Å². The van der Waals surface area contributed by atoms with E-state index in [1.54, 1.807) is 13.8 Å². The molecule has 0 aromatic rings. The molecule has 0 unspecified atom stereocenters. The Morgan fingerprint density at radius 2 is 1.42 bits per heavy atom. The zero-order valence-corrected chi connectivity index (χ0v) is 13.4. The molecule has 0 aliphatic carbocycles. The first-order valence-corrected chi connectivity index (χ1v) is 7.11. The van der Waals surface area contributed by atoms with E-state index in [0.717, 1.165) is 0 Å². The minimum absolute atomic E-state index is 0.405. The van der Waals surface area contributed by atoms with Gasteiger partial charge in [-0.1, -0.05) is 13.8 Å². The van der Waals surface area contributed by atoms with Crippen LogP contribution in [0.1, 0.15) is 26.7 Å². The maximum atomic E-state index is 12.2. The third-order valence-electron chi connectivity index (χ3n) is 3.02. The van der Waals surface area contributed by atoms with Crippen LogP contribution >= 0.6 is 0 Å². The maximum absolute atomic E-state index is 12.2. The van der Waals surface area contributed by atoms with Crippen molar-refractivity contribution in [1.82, 2.24) is 10.6 Å². The molecule has 0 rings (SSSR count). The van der Waals surface area contributed by atoms with E-state index in [2.05, 4.69) is 10.6 Å². The number of nitrogens with two attached hydrogens (primary N) is 3. The van der Waals surface area contributed by atoms with Crippen LogP contribution in [0.2, 0.25) is 0 Å². The molecule has 0 aliphatic heterocycles. The minimum Gasteiger partial charge on any atom is -0.480 e. The molecule has 4 amide bonds. The number of nitrogens with one attached hydrogen (secondary N) is 2. The van der Waals surface area contributed by atoms with Crippen molar-refractivity contribution in [1.29, 1.82) is 0 Å². The molecule has 0 heterocycles. The molecule has 0 aromatic carbocycles. The van der Waals surface area contributed by atoms with Gasteiger partial charge in [-0.25, -0.2) is 4.79 Å². The number of primary amides is 2. The summed E-state index contributed by atoms with van der Waals surface area (Å²) in [6.45, 7) is 3.21. The minimum atomic E-state index is -1.52. The van der Waals surface area contributed by atoms with Gasteiger partial charge >= 0.3 is 5.97 Å². The van der Waals surface area contributed by atoms with Gasteiger partial charge in [0.25, 0.3) is 0 Å². The van der Waals surface area contributed by atoms with Crippen LogP contribution in [-0.2, 0) is 24.0 Å². The van der Waals surface area contributed by atoms with Crippen molar-refractivity contribution in [3.63, 3.8) is 0 Å². The van der Waals surface area contributed by atoms with E-state index in [1.807, 2.05) is 0 Å². The van der Waals surface area contributed by atoms with Gasteiger partial charge in [0.05, 0.1) is 18.9 Å². The number of carbonyl (C=O) groups excluding carboxylic acids is 4. The molecule has 3 atom stereocenters. The van der Waals surface area contributed by atoms with Gasteiger partial charge < -0.3 is 32.9 Å². The lowest BCUT2D eigenvalue weighted by molar-refractivity contribution is -0.144. The molecule has 0 fully saturated rings. The maximum Gasteiger partial charge on any atom is 0.326 e. The highest BCUT2D eigenvalue weighted by atomic mass is 16.4. The van der Waals surface area contributed by atoms with Crippen molar-refractivity contribution in [2.75, 3.05) is 0 Å². The molecule has 0 radical (unpaired) electrons. The van der Waals surface area contributed by atoms with Crippen LogP contribution in [0.4, 0.5) is 0 Å². The fraction of sp³-hybridized carbons (Fsp3) is 0.615. The normalized spacial score (nSPS) is 14.3. The topological polar surface area (TPSA) is 208 Å². The highest BCUT2D eigenvalue weighted by Crippen LogP contribution is 2.04.